The van der Waals surface area contributed by atoms with Crippen molar-refractivity contribution in [3.63, 3.8) is 0 Å². The summed E-state index contributed by atoms with van der Waals surface area (Å²) in [5.41, 5.74) is -0.0944. The van der Waals surface area contributed by atoms with E-state index in [0.29, 0.717) is 0 Å². The van der Waals surface area contributed by atoms with Crippen LogP contribution in [0, 0.1) is 16.0 Å². The fraction of sp³-hybridized carbons (Fsp3) is 0.286. The van der Waals surface area contributed by atoms with Gasteiger partial charge in [0.05, 0.1) is 10.8 Å². The molecule has 1 amide bonds. The number of nitro benzene ring substituents is 1. The van der Waals surface area contributed by atoms with Gasteiger partial charge in [0.1, 0.15) is 18.3 Å². The number of hydrogen-bond acceptors (Lipinski definition) is 6. The van der Waals surface area contributed by atoms with Gasteiger partial charge >= 0.3 is 5.97 Å². The molecule has 0 spiro atoms. The van der Waals surface area contributed by atoms with Gasteiger partial charge in [-0.05, 0) is 26.0 Å². The quantitative estimate of drug-likeness (QED) is 0.593. The molecule has 126 valence electrons. The summed E-state index contributed by atoms with van der Waals surface area (Å²) in [6.07, 6.45) is 2.54. The first kappa shape index (κ1) is 17.1. The van der Waals surface area contributed by atoms with Crippen LogP contribution in [-0.4, -0.2) is 42.7 Å². The summed E-state index contributed by atoms with van der Waals surface area (Å²) in [5, 5.41) is 26.5. The van der Waals surface area contributed by atoms with Crippen LogP contribution in [0.2, 0.25) is 0 Å². The molecule has 2 atom stereocenters. The summed E-state index contributed by atoms with van der Waals surface area (Å²) in [4.78, 5) is 37.5. The van der Waals surface area contributed by atoms with E-state index in [1.54, 1.807) is 6.92 Å². The molecule has 0 saturated carbocycles. The molecule has 1 aromatic carbocycles. The summed E-state index contributed by atoms with van der Waals surface area (Å²) in [6, 6.07) is 3.26. The van der Waals surface area contributed by atoms with Gasteiger partial charge in [0.15, 0.2) is 0 Å². The Balaban J connectivity index is 2.29. The Labute approximate surface area is 136 Å². The van der Waals surface area contributed by atoms with Crippen molar-refractivity contribution in [2.45, 2.75) is 19.9 Å². The SMILES string of the molecule is CC(NC(=O)c1ccc(-n2cncn2)c([N+](=O)[O-])c1)C(C)C(=O)O. The molecule has 0 aliphatic carbocycles. The van der Waals surface area contributed by atoms with E-state index in [1.807, 2.05) is 0 Å². The van der Waals surface area contributed by atoms with Gasteiger partial charge in [0, 0.05) is 17.7 Å². The topological polar surface area (TPSA) is 140 Å². The lowest BCUT2D eigenvalue weighted by Crippen LogP contribution is -2.40. The van der Waals surface area contributed by atoms with Crippen molar-refractivity contribution < 1.29 is 19.6 Å². The number of carbonyl (C=O) groups is 2. The number of carboxylic acids is 1. The minimum atomic E-state index is -1.05. The van der Waals surface area contributed by atoms with Gasteiger partial charge in [0.25, 0.3) is 11.6 Å². The third kappa shape index (κ3) is 3.54. The van der Waals surface area contributed by atoms with E-state index in [0.717, 1.165) is 6.07 Å². The van der Waals surface area contributed by atoms with Crippen LogP contribution < -0.4 is 5.32 Å². The van der Waals surface area contributed by atoms with Crippen LogP contribution in [0.25, 0.3) is 5.69 Å². The minimum absolute atomic E-state index is 0.0509. The normalized spacial score (nSPS) is 13.1. The molecule has 10 heteroatoms. The molecule has 0 saturated heterocycles. The molecule has 0 aliphatic rings. The van der Waals surface area contributed by atoms with E-state index in [1.165, 1.54) is 36.4 Å². The molecule has 2 N–H and O–H groups in total. The Hall–Kier alpha value is -3.30. The van der Waals surface area contributed by atoms with Crippen LogP contribution in [0.15, 0.2) is 30.9 Å². The van der Waals surface area contributed by atoms with Crippen LogP contribution in [-0.2, 0) is 4.79 Å². The van der Waals surface area contributed by atoms with Gasteiger partial charge in [0.2, 0.25) is 0 Å². The number of amides is 1. The summed E-state index contributed by atoms with van der Waals surface area (Å²) in [6.45, 7) is 3.01. The zero-order valence-corrected chi connectivity index (χ0v) is 12.9. The maximum absolute atomic E-state index is 12.2. The second-order valence-electron chi connectivity index (χ2n) is 5.19. The van der Waals surface area contributed by atoms with Gasteiger partial charge in [-0.25, -0.2) is 9.67 Å². The fourth-order valence-corrected chi connectivity index (χ4v) is 1.97. The number of carbonyl (C=O) groups excluding carboxylic acids is 1. The molecule has 2 rings (SSSR count). The maximum atomic E-state index is 12.2. The van der Waals surface area contributed by atoms with Crippen LogP contribution in [0.3, 0.4) is 0 Å². The number of benzene rings is 1. The third-order valence-corrected chi connectivity index (χ3v) is 3.60. The summed E-state index contributed by atoms with van der Waals surface area (Å²) in [7, 11) is 0. The van der Waals surface area contributed by atoms with E-state index in [4.69, 9.17) is 5.11 Å². The highest BCUT2D eigenvalue weighted by Gasteiger charge is 2.23. The highest BCUT2D eigenvalue weighted by Crippen LogP contribution is 2.23. The number of nitrogens with one attached hydrogen (secondary N) is 1. The molecule has 1 aromatic heterocycles. The first-order valence-corrected chi connectivity index (χ1v) is 6.98. The minimum Gasteiger partial charge on any atom is -0.481 e. The van der Waals surface area contributed by atoms with Crippen molar-refractivity contribution in [1.29, 1.82) is 0 Å². The number of carboxylic acid groups (broad SMARTS) is 1. The number of rotatable bonds is 6. The number of aromatic nitrogens is 3. The maximum Gasteiger partial charge on any atom is 0.308 e. The first-order valence-electron chi connectivity index (χ1n) is 6.98. The van der Waals surface area contributed by atoms with Crippen LogP contribution >= 0.6 is 0 Å². The lowest BCUT2D eigenvalue weighted by Gasteiger charge is -2.17. The van der Waals surface area contributed by atoms with E-state index < -0.39 is 28.8 Å². The Bertz CT molecular complexity index is 774. The molecular formula is C14H15N5O5. The molecule has 0 radical (unpaired) electrons. The second kappa shape index (κ2) is 6.86. The van der Waals surface area contributed by atoms with E-state index in [9.17, 15) is 19.7 Å². The second-order valence-corrected chi connectivity index (χ2v) is 5.19. The number of hydrogen-bond donors (Lipinski definition) is 2. The van der Waals surface area contributed by atoms with Gasteiger partial charge in [-0.2, -0.15) is 5.10 Å². The summed E-state index contributed by atoms with van der Waals surface area (Å²) in [5.74, 6) is -2.43. The average Bonchev–Trinajstić information content (AvgIpc) is 3.07. The van der Waals surface area contributed by atoms with E-state index in [-0.39, 0.29) is 16.9 Å². The predicted octanol–water partition coefficient (Wildman–Crippen LogP) is 1.01. The average molecular weight is 333 g/mol. The first-order chi connectivity index (χ1) is 11.3. The van der Waals surface area contributed by atoms with Gasteiger partial charge in [-0.15, -0.1) is 0 Å². The van der Waals surface area contributed by atoms with Crippen molar-refractivity contribution >= 4 is 17.6 Å². The number of nitrogens with zero attached hydrogens (tertiary/aromatic N) is 4. The largest absolute Gasteiger partial charge is 0.481 e. The highest BCUT2D eigenvalue weighted by molar-refractivity contribution is 5.95. The van der Waals surface area contributed by atoms with E-state index >= 15 is 0 Å². The summed E-state index contributed by atoms with van der Waals surface area (Å²) < 4.78 is 1.22. The lowest BCUT2D eigenvalue weighted by molar-refractivity contribution is -0.384. The Morgan fingerprint density at radius 2 is 2.08 bits per heavy atom. The zero-order chi connectivity index (χ0) is 17.9. The number of aliphatic carboxylic acids is 1. The smallest absolute Gasteiger partial charge is 0.308 e. The molecule has 0 bridgehead atoms. The van der Waals surface area contributed by atoms with Crippen LogP contribution in [0.5, 0.6) is 0 Å². The molecule has 0 fully saturated rings. The molecule has 2 unspecified atom stereocenters. The number of nitro groups is 1. The van der Waals surface area contributed by atoms with E-state index in [2.05, 4.69) is 15.4 Å². The third-order valence-electron chi connectivity index (χ3n) is 3.60. The van der Waals surface area contributed by atoms with Crippen molar-refractivity contribution in [3.05, 3.63) is 46.5 Å². The van der Waals surface area contributed by atoms with Crippen molar-refractivity contribution in [3.8, 4) is 5.69 Å². The van der Waals surface area contributed by atoms with Gasteiger partial charge in [-0.3, -0.25) is 19.7 Å². The van der Waals surface area contributed by atoms with Crippen LogP contribution in [0.4, 0.5) is 5.69 Å². The summed E-state index contributed by atoms with van der Waals surface area (Å²) >= 11 is 0. The zero-order valence-electron chi connectivity index (χ0n) is 12.9. The van der Waals surface area contributed by atoms with Crippen molar-refractivity contribution in [1.82, 2.24) is 20.1 Å². The Kier molecular flexibility index (Phi) is 4.87. The lowest BCUT2D eigenvalue weighted by atomic mass is 10.0. The molecule has 0 aliphatic heterocycles. The predicted molar refractivity (Wildman–Crippen MR) is 81.7 cm³/mol. The van der Waals surface area contributed by atoms with Crippen molar-refractivity contribution in [2.24, 2.45) is 5.92 Å². The molecular weight excluding hydrogens is 318 g/mol. The Morgan fingerprint density at radius 1 is 1.38 bits per heavy atom. The molecule has 1 heterocycles. The Morgan fingerprint density at radius 3 is 2.62 bits per heavy atom. The van der Waals surface area contributed by atoms with Gasteiger partial charge < -0.3 is 10.4 Å². The fourth-order valence-electron chi connectivity index (χ4n) is 1.97. The van der Waals surface area contributed by atoms with Crippen LogP contribution in [0.1, 0.15) is 24.2 Å². The van der Waals surface area contributed by atoms with Gasteiger partial charge in [-0.1, -0.05) is 0 Å². The molecule has 24 heavy (non-hydrogen) atoms. The molecule has 2 aromatic rings. The highest BCUT2D eigenvalue weighted by atomic mass is 16.6. The van der Waals surface area contributed by atoms with Crippen molar-refractivity contribution in [2.75, 3.05) is 0 Å². The molecule has 10 nitrogen and oxygen atoms in total. The standard InChI is InChI=1S/C14H15N5O5/c1-8(14(21)22)9(2)17-13(20)10-3-4-11(12(5-10)19(23)24)18-7-15-6-16-18/h3-9H,1-2H3,(H,17,20)(H,21,22). The monoisotopic (exact) mass is 333 g/mol.